The molecule has 0 saturated carbocycles. The number of hydrogen-bond acceptors (Lipinski definition) is 5. The van der Waals surface area contributed by atoms with Gasteiger partial charge in [0.05, 0.1) is 14.2 Å². The van der Waals surface area contributed by atoms with Crippen molar-refractivity contribution in [2.45, 2.75) is 6.42 Å². The lowest BCUT2D eigenvalue weighted by molar-refractivity contribution is 0.354. The molecule has 108 valence electrons. The molecule has 0 amide bonds. The van der Waals surface area contributed by atoms with Crippen LogP contribution in [-0.2, 0) is 6.42 Å². The quantitative estimate of drug-likeness (QED) is 0.882. The Balaban J connectivity index is 1.95. The van der Waals surface area contributed by atoms with E-state index >= 15 is 0 Å². The van der Waals surface area contributed by atoms with Crippen molar-refractivity contribution in [2.24, 2.45) is 0 Å². The van der Waals surface area contributed by atoms with E-state index in [1.807, 2.05) is 36.4 Å². The predicted molar refractivity (Wildman–Crippen MR) is 80.7 cm³/mol. The maximum atomic E-state index is 8.81. The Morgan fingerprint density at radius 2 is 1.95 bits per heavy atom. The minimum atomic E-state index is 0.408. The average molecular weight is 283 g/mol. The van der Waals surface area contributed by atoms with Crippen LogP contribution in [0.25, 0.3) is 0 Å². The molecule has 1 aromatic heterocycles. The normalized spacial score (nSPS) is 9.76. The summed E-state index contributed by atoms with van der Waals surface area (Å²) in [6, 6.07) is 13.2. The molecular weight excluding hydrogens is 266 g/mol. The second-order valence-corrected chi connectivity index (χ2v) is 4.39. The molecular formula is C16H17N3O2. The summed E-state index contributed by atoms with van der Waals surface area (Å²) in [5.74, 6) is 2.15. The summed E-state index contributed by atoms with van der Waals surface area (Å²) >= 11 is 0. The van der Waals surface area contributed by atoms with Crippen molar-refractivity contribution in [3.05, 3.63) is 47.7 Å². The van der Waals surface area contributed by atoms with Crippen molar-refractivity contribution in [3.8, 4) is 17.6 Å². The number of nitrogens with one attached hydrogen (secondary N) is 1. The number of ether oxygens (including phenoxy) is 2. The van der Waals surface area contributed by atoms with E-state index in [1.54, 1.807) is 20.3 Å². The molecule has 0 fully saturated rings. The Labute approximate surface area is 124 Å². The molecule has 5 nitrogen and oxygen atoms in total. The van der Waals surface area contributed by atoms with Gasteiger partial charge in [0.1, 0.15) is 17.6 Å². The maximum absolute atomic E-state index is 8.81. The minimum absolute atomic E-state index is 0.408. The van der Waals surface area contributed by atoms with E-state index in [9.17, 15) is 0 Å². The van der Waals surface area contributed by atoms with E-state index in [2.05, 4.69) is 10.3 Å². The molecule has 5 heteroatoms. The zero-order valence-electron chi connectivity index (χ0n) is 12.1. The predicted octanol–water partition coefficient (Wildman–Crippen LogP) is 2.63. The third-order valence-electron chi connectivity index (χ3n) is 3.03. The van der Waals surface area contributed by atoms with Gasteiger partial charge in [-0.3, -0.25) is 0 Å². The molecule has 0 spiro atoms. The van der Waals surface area contributed by atoms with E-state index in [0.717, 1.165) is 30.0 Å². The van der Waals surface area contributed by atoms with Crippen LogP contribution in [0.2, 0.25) is 0 Å². The summed E-state index contributed by atoms with van der Waals surface area (Å²) in [6.45, 7) is 0.720. The van der Waals surface area contributed by atoms with Gasteiger partial charge in [-0.2, -0.15) is 5.26 Å². The topological polar surface area (TPSA) is 67.2 Å². The first-order chi connectivity index (χ1) is 10.3. The van der Waals surface area contributed by atoms with E-state index < -0.39 is 0 Å². The van der Waals surface area contributed by atoms with Gasteiger partial charge in [-0.25, -0.2) is 4.98 Å². The van der Waals surface area contributed by atoms with E-state index in [-0.39, 0.29) is 0 Å². The molecule has 2 aromatic rings. The summed E-state index contributed by atoms with van der Waals surface area (Å²) in [5, 5.41) is 12.0. The smallest absolute Gasteiger partial charge is 0.160 e. The van der Waals surface area contributed by atoms with Crippen molar-refractivity contribution < 1.29 is 9.47 Å². The fourth-order valence-electron chi connectivity index (χ4n) is 1.97. The van der Waals surface area contributed by atoms with Gasteiger partial charge in [0.25, 0.3) is 0 Å². The summed E-state index contributed by atoms with van der Waals surface area (Å²) in [6.07, 6.45) is 0.818. The Kier molecular flexibility index (Phi) is 4.99. The fourth-order valence-corrected chi connectivity index (χ4v) is 1.97. The van der Waals surface area contributed by atoms with Gasteiger partial charge >= 0.3 is 0 Å². The standard InChI is InChI=1S/C16H17N3O2/c1-20-14-7-6-12(10-15(14)21-2)8-9-18-16-5-3-4-13(11-17)19-16/h3-7,10H,8-9H2,1-2H3,(H,18,19). The number of nitrogens with zero attached hydrogens (tertiary/aromatic N) is 2. The van der Waals surface area contributed by atoms with Gasteiger partial charge in [0.2, 0.25) is 0 Å². The molecule has 1 aromatic carbocycles. The highest BCUT2D eigenvalue weighted by Gasteiger charge is 2.04. The molecule has 0 aliphatic heterocycles. The number of hydrogen-bond donors (Lipinski definition) is 1. The molecule has 0 unspecified atom stereocenters. The van der Waals surface area contributed by atoms with Crippen LogP contribution >= 0.6 is 0 Å². The van der Waals surface area contributed by atoms with Crippen LogP contribution < -0.4 is 14.8 Å². The highest BCUT2D eigenvalue weighted by Crippen LogP contribution is 2.27. The first-order valence-electron chi connectivity index (χ1n) is 6.58. The van der Waals surface area contributed by atoms with Crippen LogP contribution in [-0.4, -0.2) is 25.7 Å². The molecule has 2 rings (SSSR count). The van der Waals surface area contributed by atoms with E-state index in [4.69, 9.17) is 14.7 Å². The van der Waals surface area contributed by atoms with Crippen LogP contribution in [0.1, 0.15) is 11.3 Å². The molecule has 0 radical (unpaired) electrons. The van der Waals surface area contributed by atoms with Crippen LogP contribution in [0, 0.1) is 11.3 Å². The van der Waals surface area contributed by atoms with Crippen LogP contribution in [0.15, 0.2) is 36.4 Å². The van der Waals surface area contributed by atoms with Crippen LogP contribution in [0.5, 0.6) is 11.5 Å². The molecule has 0 aliphatic rings. The fraction of sp³-hybridized carbons (Fsp3) is 0.250. The molecule has 0 atom stereocenters. The summed E-state index contributed by atoms with van der Waals surface area (Å²) in [5.41, 5.74) is 1.54. The second-order valence-electron chi connectivity index (χ2n) is 4.39. The number of pyridine rings is 1. The second kappa shape index (κ2) is 7.15. The summed E-state index contributed by atoms with van der Waals surface area (Å²) < 4.78 is 10.5. The van der Waals surface area contributed by atoms with Crippen molar-refractivity contribution in [2.75, 3.05) is 26.1 Å². The average Bonchev–Trinajstić information content (AvgIpc) is 2.55. The zero-order valence-corrected chi connectivity index (χ0v) is 12.1. The number of benzene rings is 1. The van der Waals surface area contributed by atoms with Crippen LogP contribution in [0.3, 0.4) is 0 Å². The van der Waals surface area contributed by atoms with E-state index in [0.29, 0.717) is 11.5 Å². The van der Waals surface area contributed by atoms with Crippen molar-refractivity contribution in [3.63, 3.8) is 0 Å². The number of aromatic nitrogens is 1. The van der Waals surface area contributed by atoms with E-state index in [1.165, 1.54) is 0 Å². The van der Waals surface area contributed by atoms with Crippen molar-refractivity contribution in [1.82, 2.24) is 4.98 Å². The third-order valence-corrected chi connectivity index (χ3v) is 3.03. The highest BCUT2D eigenvalue weighted by molar-refractivity contribution is 5.43. The zero-order chi connectivity index (χ0) is 15.1. The van der Waals surface area contributed by atoms with Gasteiger partial charge in [-0.15, -0.1) is 0 Å². The number of methoxy groups -OCH3 is 2. The largest absolute Gasteiger partial charge is 0.493 e. The van der Waals surface area contributed by atoms with Gasteiger partial charge in [0, 0.05) is 6.54 Å². The Morgan fingerprint density at radius 3 is 2.67 bits per heavy atom. The molecule has 1 heterocycles. The minimum Gasteiger partial charge on any atom is -0.493 e. The lowest BCUT2D eigenvalue weighted by Gasteiger charge is -2.10. The van der Waals surface area contributed by atoms with Gasteiger partial charge < -0.3 is 14.8 Å². The van der Waals surface area contributed by atoms with Crippen LogP contribution in [0.4, 0.5) is 5.82 Å². The molecule has 0 saturated heterocycles. The van der Waals surface area contributed by atoms with Crippen molar-refractivity contribution in [1.29, 1.82) is 5.26 Å². The Morgan fingerprint density at radius 1 is 1.14 bits per heavy atom. The summed E-state index contributed by atoms with van der Waals surface area (Å²) in [4.78, 5) is 4.17. The van der Waals surface area contributed by atoms with Crippen molar-refractivity contribution >= 4 is 5.82 Å². The number of nitriles is 1. The third kappa shape index (κ3) is 3.86. The SMILES string of the molecule is COc1ccc(CCNc2cccc(C#N)n2)cc1OC. The first-order valence-corrected chi connectivity index (χ1v) is 6.58. The monoisotopic (exact) mass is 283 g/mol. The Hall–Kier alpha value is -2.74. The summed E-state index contributed by atoms with van der Waals surface area (Å²) in [7, 11) is 3.24. The lowest BCUT2D eigenvalue weighted by Crippen LogP contribution is -2.06. The first kappa shape index (κ1) is 14.7. The molecule has 0 bridgehead atoms. The molecule has 1 N–H and O–H groups in total. The van der Waals surface area contributed by atoms with Gasteiger partial charge in [0.15, 0.2) is 11.5 Å². The van der Waals surface area contributed by atoms with Gasteiger partial charge in [-0.1, -0.05) is 12.1 Å². The molecule has 21 heavy (non-hydrogen) atoms. The number of rotatable bonds is 6. The Bertz CT molecular complexity index is 650. The number of anilines is 1. The maximum Gasteiger partial charge on any atom is 0.160 e. The highest BCUT2D eigenvalue weighted by atomic mass is 16.5. The lowest BCUT2D eigenvalue weighted by atomic mass is 10.1. The van der Waals surface area contributed by atoms with Gasteiger partial charge in [-0.05, 0) is 36.2 Å². The molecule has 0 aliphatic carbocycles.